The third-order valence-electron chi connectivity index (χ3n) is 1.94. The highest BCUT2D eigenvalue weighted by molar-refractivity contribution is 5.88. The van der Waals surface area contributed by atoms with Crippen LogP contribution in [0.25, 0.3) is 11.3 Å². The maximum Gasteiger partial charge on any atom is 0.335 e. The topological polar surface area (TPSA) is 66.0 Å². The lowest BCUT2D eigenvalue weighted by Crippen LogP contribution is -1.94. The number of hydrogen-bond donors (Lipinski definition) is 2. The van der Waals surface area contributed by atoms with E-state index >= 15 is 0 Å². The van der Waals surface area contributed by atoms with Crippen molar-refractivity contribution < 1.29 is 9.90 Å². The summed E-state index contributed by atoms with van der Waals surface area (Å²) >= 11 is 0. The standard InChI is InChI=1S/C10H8N2O2.ClH/c13-10(14)8-3-1-7(2-4-8)9-5-11-6-12-9;/h1-6H,(H,11,12)(H,13,14);1H. The van der Waals surface area contributed by atoms with Gasteiger partial charge >= 0.3 is 5.97 Å². The molecule has 1 aromatic carbocycles. The van der Waals surface area contributed by atoms with Crippen molar-refractivity contribution in [3.05, 3.63) is 42.4 Å². The number of H-pyrrole nitrogens is 1. The molecule has 1 aromatic heterocycles. The summed E-state index contributed by atoms with van der Waals surface area (Å²) < 4.78 is 0. The molecular weight excluding hydrogens is 216 g/mol. The second-order valence-corrected chi connectivity index (χ2v) is 2.85. The Morgan fingerprint density at radius 1 is 1.27 bits per heavy atom. The summed E-state index contributed by atoms with van der Waals surface area (Å²) in [6, 6.07) is 6.63. The van der Waals surface area contributed by atoms with Crippen molar-refractivity contribution in [2.75, 3.05) is 0 Å². The molecule has 0 radical (unpaired) electrons. The van der Waals surface area contributed by atoms with Gasteiger partial charge in [0.15, 0.2) is 0 Å². The molecule has 0 spiro atoms. The minimum atomic E-state index is -0.916. The van der Waals surface area contributed by atoms with Gasteiger partial charge < -0.3 is 10.1 Å². The number of carboxylic acid groups (broad SMARTS) is 1. The van der Waals surface area contributed by atoms with Crippen LogP contribution in [0, 0.1) is 0 Å². The molecule has 0 amide bonds. The van der Waals surface area contributed by atoms with Crippen molar-refractivity contribution >= 4 is 18.4 Å². The Morgan fingerprint density at radius 2 is 1.93 bits per heavy atom. The van der Waals surface area contributed by atoms with E-state index in [1.165, 1.54) is 0 Å². The molecule has 0 aliphatic rings. The monoisotopic (exact) mass is 224 g/mol. The molecule has 0 aliphatic heterocycles. The summed E-state index contributed by atoms with van der Waals surface area (Å²) in [5.41, 5.74) is 2.09. The molecule has 0 saturated heterocycles. The van der Waals surface area contributed by atoms with E-state index in [9.17, 15) is 4.79 Å². The first kappa shape index (κ1) is 11.3. The van der Waals surface area contributed by atoms with E-state index in [0.29, 0.717) is 0 Å². The molecule has 2 N–H and O–H groups in total. The number of aromatic amines is 1. The van der Waals surface area contributed by atoms with E-state index in [4.69, 9.17) is 5.11 Å². The third-order valence-corrected chi connectivity index (χ3v) is 1.94. The van der Waals surface area contributed by atoms with Crippen molar-refractivity contribution in [2.45, 2.75) is 0 Å². The molecule has 5 heteroatoms. The van der Waals surface area contributed by atoms with Crippen LogP contribution in [0.5, 0.6) is 0 Å². The summed E-state index contributed by atoms with van der Waals surface area (Å²) in [4.78, 5) is 17.4. The SMILES string of the molecule is Cl.O=C(O)c1ccc(-c2cnc[nH]2)cc1. The van der Waals surface area contributed by atoms with Crippen molar-refractivity contribution in [1.82, 2.24) is 9.97 Å². The first-order valence-corrected chi connectivity index (χ1v) is 4.09. The lowest BCUT2D eigenvalue weighted by Gasteiger charge is -1.97. The van der Waals surface area contributed by atoms with E-state index in [-0.39, 0.29) is 18.0 Å². The number of carbonyl (C=O) groups is 1. The van der Waals surface area contributed by atoms with Crippen molar-refractivity contribution in [1.29, 1.82) is 0 Å². The molecule has 2 aromatic rings. The number of halogens is 1. The van der Waals surface area contributed by atoms with Crippen LogP contribution in [-0.4, -0.2) is 21.0 Å². The normalized spacial score (nSPS) is 9.33. The van der Waals surface area contributed by atoms with Gasteiger partial charge in [0.2, 0.25) is 0 Å². The zero-order chi connectivity index (χ0) is 9.97. The number of aromatic carboxylic acids is 1. The smallest absolute Gasteiger partial charge is 0.335 e. The minimum Gasteiger partial charge on any atom is -0.478 e. The van der Waals surface area contributed by atoms with Gasteiger partial charge in [-0.25, -0.2) is 9.78 Å². The van der Waals surface area contributed by atoms with E-state index in [1.807, 2.05) is 0 Å². The fraction of sp³-hybridized carbons (Fsp3) is 0. The van der Waals surface area contributed by atoms with Crippen LogP contribution in [0.1, 0.15) is 10.4 Å². The second kappa shape index (κ2) is 4.61. The Balaban J connectivity index is 0.00000112. The zero-order valence-electron chi connectivity index (χ0n) is 7.68. The van der Waals surface area contributed by atoms with Gasteiger partial charge in [0, 0.05) is 0 Å². The Kier molecular flexibility index (Phi) is 3.46. The average Bonchev–Trinajstić information content (AvgIpc) is 2.71. The molecule has 0 saturated carbocycles. The largest absolute Gasteiger partial charge is 0.478 e. The van der Waals surface area contributed by atoms with Crippen LogP contribution in [-0.2, 0) is 0 Å². The van der Waals surface area contributed by atoms with Gasteiger partial charge in [-0.1, -0.05) is 12.1 Å². The highest BCUT2D eigenvalue weighted by Gasteiger charge is 2.03. The molecule has 78 valence electrons. The summed E-state index contributed by atoms with van der Waals surface area (Å²) in [5.74, 6) is -0.916. The third kappa shape index (κ3) is 2.35. The van der Waals surface area contributed by atoms with Crippen molar-refractivity contribution in [2.24, 2.45) is 0 Å². The molecule has 1 heterocycles. The summed E-state index contributed by atoms with van der Waals surface area (Å²) in [7, 11) is 0. The summed E-state index contributed by atoms with van der Waals surface area (Å²) in [6.45, 7) is 0. The first-order valence-electron chi connectivity index (χ1n) is 4.09. The number of imidazole rings is 1. The van der Waals surface area contributed by atoms with Crippen molar-refractivity contribution in [3.8, 4) is 11.3 Å². The predicted octanol–water partition coefficient (Wildman–Crippen LogP) is 2.20. The van der Waals surface area contributed by atoms with Crippen LogP contribution in [0.3, 0.4) is 0 Å². The highest BCUT2D eigenvalue weighted by atomic mass is 35.5. The molecule has 2 rings (SSSR count). The van der Waals surface area contributed by atoms with Gasteiger partial charge in [-0.3, -0.25) is 0 Å². The number of hydrogen-bond acceptors (Lipinski definition) is 2. The predicted molar refractivity (Wildman–Crippen MR) is 58.2 cm³/mol. The van der Waals surface area contributed by atoms with Crippen LogP contribution >= 0.6 is 12.4 Å². The number of rotatable bonds is 2. The number of nitrogens with zero attached hydrogens (tertiary/aromatic N) is 1. The second-order valence-electron chi connectivity index (χ2n) is 2.85. The lowest BCUT2D eigenvalue weighted by molar-refractivity contribution is 0.0697. The average molecular weight is 225 g/mol. The van der Waals surface area contributed by atoms with Crippen LogP contribution in [0.15, 0.2) is 36.8 Å². The number of aromatic nitrogens is 2. The Hall–Kier alpha value is -1.81. The molecule has 0 bridgehead atoms. The maximum atomic E-state index is 10.6. The number of benzene rings is 1. The molecule has 0 atom stereocenters. The summed E-state index contributed by atoms with van der Waals surface area (Å²) in [6.07, 6.45) is 3.27. The van der Waals surface area contributed by atoms with Gasteiger partial charge in [-0.05, 0) is 17.7 Å². The molecular formula is C10H9ClN2O2. The van der Waals surface area contributed by atoms with E-state index in [0.717, 1.165) is 11.3 Å². The summed E-state index contributed by atoms with van der Waals surface area (Å²) in [5, 5.41) is 8.69. The van der Waals surface area contributed by atoms with Crippen LogP contribution in [0.4, 0.5) is 0 Å². The molecule has 0 fully saturated rings. The highest BCUT2D eigenvalue weighted by Crippen LogP contribution is 2.16. The molecule has 0 aliphatic carbocycles. The van der Waals surface area contributed by atoms with Gasteiger partial charge in [-0.2, -0.15) is 0 Å². The van der Waals surface area contributed by atoms with Crippen LogP contribution < -0.4 is 0 Å². The number of nitrogens with one attached hydrogen (secondary N) is 1. The van der Waals surface area contributed by atoms with Crippen LogP contribution in [0.2, 0.25) is 0 Å². The van der Waals surface area contributed by atoms with Gasteiger partial charge in [0.05, 0.1) is 23.8 Å². The van der Waals surface area contributed by atoms with Gasteiger partial charge in [-0.15, -0.1) is 12.4 Å². The van der Waals surface area contributed by atoms with E-state index in [1.54, 1.807) is 36.8 Å². The Bertz CT molecular complexity index is 437. The fourth-order valence-corrected chi connectivity index (χ4v) is 1.21. The first-order chi connectivity index (χ1) is 6.77. The fourth-order valence-electron chi connectivity index (χ4n) is 1.21. The Labute approximate surface area is 92.4 Å². The van der Waals surface area contributed by atoms with Gasteiger partial charge in [0.25, 0.3) is 0 Å². The van der Waals surface area contributed by atoms with E-state index in [2.05, 4.69) is 9.97 Å². The van der Waals surface area contributed by atoms with Crippen molar-refractivity contribution in [3.63, 3.8) is 0 Å². The molecule has 4 nitrogen and oxygen atoms in total. The van der Waals surface area contributed by atoms with E-state index < -0.39 is 5.97 Å². The maximum absolute atomic E-state index is 10.6. The quantitative estimate of drug-likeness (QED) is 0.822. The zero-order valence-corrected chi connectivity index (χ0v) is 8.49. The lowest BCUT2D eigenvalue weighted by atomic mass is 10.1. The Morgan fingerprint density at radius 3 is 2.40 bits per heavy atom. The minimum absolute atomic E-state index is 0. The molecule has 15 heavy (non-hydrogen) atoms. The number of carboxylic acids is 1. The molecule has 0 unspecified atom stereocenters. The van der Waals surface area contributed by atoms with Gasteiger partial charge in [0.1, 0.15) is 0 Å².